The molecule has 1 aliphatic heterocycles. The molecule has 1 fully saturated rings. The van der Waals surface area contributed by atoms with E-state index >= 15 is 0 Å². The number of rotatable bonds is 4. The molecular formula is C14H21N3O2. The molecule has 2 rings (SSSR count). The zero-order chi connectivity index (χ0) is 13.8. The van der Waals surface area contributed by atoms with Gasteiger partial charge in [0, 0.05) is 24.9 Å². The van der Waals surface area contributed by atoms with Crippen LogP contribution in [0.25, 0.3) is 0 Å². The van der Waals surface area contributed by atoms with E-state index in [1.54, 1.807) is 19.2 Å². The molecule has 0 aromatic carbocycles. The summed E-state index contributed by atoms with van der Waals surface area (Å²) in [5.41, 5.74) is 1.45. The number of anilines is 1. The van der Waals surface area contributed by atoms with Gasteiger partial charge >= 0.3 is 0 Å². The zero-order valence-electron chi connectivity index (χ0n) is 11.7. The lowest BCUT2D eigenvalue weighted by molar-refractivity contribution is 0.0712. The second-order valence-corrected chi connectivity index (χ2v) is 4.95. The molecule has 0 bridgehead atoms. The largest absolute Gasteiger partial charge is 0.376 e. The van der Waals surface area contributed by atoms with Gasteiger partial charge in [-0.1, -0.05) is 0 Å². The first-order chi connectivity index (χ1) is 9.10. The van der Waals surface area contributed by atoms with Crippen LogP contribution in [0.5, 0.6) is 0 Å². The molecule has 5 heteroatoms. The Hall–Kier alpha value is -1.62. The number of hydrogen-bond acceptors (Lipinski definition) is 4. The van der Waals surface area contributed by atoms with Gasteiger partial charge in [-0.25, -0.2) is 4.98 Å². The monoisotopic (exact) mass is 263 g/mol. The maximum atomic E-state index is 12.2. The summed E-state index contributed by atoms with van der Waals surface area (Å²) in [6.07, 6.45) is 2.22. The number of carbonyl (C=O) groups excluding carboxylic acids is 1. The van der Waals surface area contributed by atoms with E-state index in [2.05, 4.69) is 15.6 Å². The Labute approximate surface area is 113 Å². The smallest absolute Gasteiger partial charge is 0.251 e. The van der Waals surface area contributed by atoms with Crippen LogP contribution in [0.3, 0.4) is 0 Å². The highest BCUT2D eigenvalue weighted by Gasteiger charge is 2.24. The second-order valence-electron chi connectivity index (χ2n) is 4.95. The SMILES string of the molecule is CNc1cc(C(=O)NC(C)C2CCCO2)cc(C)n1. The van der Waals surface area contributed by atoms with Gasteiger partial charge < -0.3 is 15.4 Å². The highest BCUT2D eigenvalue weighted by molar-refractivity contribution is 5.95. The van der Waals surface area contributed by atoms with Crippen molar-refractivity contribution in [2.75, 3.05) is 19.0 Å². The standard InChI is InChI=1S/C14H21N3O2/c1-9-7-11(8-13(15-3)16-9)14(18)17-10(2)12-5-4-6-19-12/h7-8,10,12H,4-6H2,1-3H3,(H,15,16)(H,17,18). The third-order valence-electron chi connectivity index (χ3n) is 3.35. The van der Waals surface area contributed by atoms with Crippen molar-refractivity contribution in [3.05, 3.63) is 23.4 Å². The highest BCUT2D eigenvalue weighted by atomic mass is 16.5. The van der Waals surface area contributed by atoms with Crippen LogP contribution >= 0.6 is 0 Å². The summed E-state index contributed by atoms with van der Waals surface area (Å²) in [6, 6.07) is 3.57. The molecule has 1 aliphatic rings. The average molecular weight is 263 g/mol. The first kappa shape index (κ1) is 13.8. The van der Waals surface area contributed by atoms with Crippen LogP contribution in [0.15, 0.2) is 12.1 Å². The van der Waals surface area contributed by atoms with Crippen molar-refractivity contribution in [3.63, 3.8) is 0 Å². The fourth-order valence-electron chi connectivity index (χ4n) is 2.31. The Balaban J connectivity index is 2.04. The Morgan fingerprint density at radius 3 is 2.95 bits per heavy atom. The molecule has 2 heterocycles. The molecule has 1 aromatic heterocycles. The van der Waals surface area contributed by atoms with Crippen molar-refractivity contribution in [1.82, 2.24) is 10.3 Å². The topological polar surface area (TPSA) is 63.2 Å². The van der Waals surface area contributed by atoms with Crippen LogP contribution < -0.4 is 10.6 Å². The second kappa shape index (κ2) is 6.02. The van der Waals surface area contributed by atoms with Crippen molar-refractivity contribution >= 4 is 11.7 Å². The molecule has 2 N–H and O–H groups in total. The van der Waals surface area contributed by atoms with Crippen LogP contribution in [0, 0.1) is 6.92 Å². The molecule has 2 unspecified atom stereocenters. The molecule has 0 aliphatic carbocycles. The van der Waals surface area contributed by atoms with E-state index in [4.69, 9.17) is 4.74 Å². The summed E-state index contributed by atoms with van der Waals surface area (Å²) in [5, 5.41) is 5.95. The quantitative estimate of drug-likeness (QED) is 0.868. The lowest BCUT2D eigenvalue weighted by Crippen LogP contribution is -2.40. The van der Waals surface area contributed by atoms with Crippen molar-refractivity contribution in [2.45, 2.75) is 38.8 Å². The minimum Gasteiger partial charge on any atom is -0.376 e. The molecule has 0 radical (unpaired) electrons. The summed E-state index contributed by atoms with van der Waals surface area (Å²) in [6.45, 7) is 4.66. The summed E-state index contributed by atoms with van der Waals surface area (Å²) in [7, 11) is 1.79. The first-order valence-corrected chi connectivity index (χ1v) is 6.69. The number of amides is 1. The van der Waals surface area contributed by atoms with Gasteiger partial charge in [0.15, 0.2) is 0 Å². The Kier molecular flexibility index (Phi) is 4.37. The van der Waals surface area contributed by atoms with Gasteiger partial charge in [0.1, 0.15) is 5.82 Å². The van der Waals surface area contributed by atoms with E-state index in [1.165, 1.54) is 0 Å². The van der Waals surface area contributed by atoms with E-state index < -0.39 is 0 Å². The van der Waals surface area contributed by atoms with E-state index in [1.807, 2.05) is 13.8 Å². The van der Waals surface area contributed by atoms with Crippen LogP contribution in [0.1, 0.15) is 35.8 Å². The van der Waals surface area contributed by atoms with Crippen LogP contribution in [0.2, 0.25) is 0 Å². The summed E-state index contributed by atoms with van der Waals surface area (Å²) >= 11 is 0. The van der Waals surface area contributed by atoms with Gasteiger partial charge in [-0.05, 0) is 38.8 Å². The van der Waals surface area contributed by atoms with Crippen molar-refractivity contribution < 1.29 is 9.53 Å². The van der Waals surface area contributed by atoms with Crippen LogP contribution in [0.4, 0.5) is 5.82 Å². The summed E-state index contributed by atoms with van der Waals surface area (Å²) < 4.78 is 5.58. The lowest BCUT2D eigenvalue weighted by Gasteiger charge is -2.20. The summed E-state index contributed by atoms with van der Waals surface area (Å²) in [4.78, 5) is 16.5. The number of nitrogens with zero attached hydrogens (tertiary/aromatic N) is 1. The molecule has 0 saturated carbocycles. The fraction of sp³-hybridized carbons (Fsp3) is 0.571. The lowest BCUT2D eigenvalue weighted by atomic mass is 10.1. The Morgan fingerprint density at radius 2 is 2.32 bits per heavy atom. The maximum absolute atomic E-state index is 12.2. The predicted octanol–water partition coefficient (Wildman–Crippen LogP) is 1.73. The minimum atomic E-state index is -0.0787. The molecular weight excluding hydrogens is 242 g/mol. The molecule has 5 nitrogen and oxygen atoms in total. The molecule has 1 amide bonds. The Morgan fingerprint density at radius 1 is 1.53 bits per heavy atom. The zero-order valence-corrected chi connectivity index (χ0v) is 11.7. The van der Waals surface area contributed by atoms with E-state index in [9.17, 15) is 4.79 Å². The third kappa shape index (κ3) is 3.44. The van der Waals surface area contributed by atoms with Gasteiger partial charge in [-0.15, -0.1) is 0 Å². The Bertz CT molecular complexity index is 456. The minimum absolute atomic E-state index is 0.0292. The molecule has 0 spiro atoms. The number of aromatic nitrogens is 1. The maximum Gasteiger partial charge on any atom is 0.251 e. The highest BCUT2D eigenvalue weighted by Crippen LogP contribution is 2.16. The number of ether oxygens (including phenoxy) is 1. The van der Waals surface area contributed by atoms with Gasteiger partial charge in [0.2, 0.25) is 0 Å². The number of pyridine rings is 1. The first-order valence-electron chi connectivity index (χ1n) is 6.69. The number of aryl methyl sites for hydroxylation is 1. The number of carbonyl (C=O) groups is 1. The number of nitrogens with one attached hydrogen (secondary N) is 2. The van der Waals surface area contributed by atoms with Gasteiger partial charge in [0.05, 0.1) is 12.1 Å². The van der Waals surface area contributed by atoms with Gasteiger partial charge in [-0.3, -0.25) is 4.79 Å². The van der Waals surface area contributed by atoms with Crippen LogP contribution in [-0.2, 0) is 4.74 Å². The molecule has 1 saturated heterocycles. The molecule has 1 aromatic rings. The van der Waals surface area contributed by atoms with Gasteiger partial charge in [-0.2, -0.15) is 0 Å². The van der Waals surface area contributed by atoms with E-state index in [0.717, 1.165) is 25.1 Å². The van der Waals surface area contributed by atoms with Crippen molar-refractivity contribution in [1.29, 1.82) is 0 Å². The van der Waals surface area contributed by atoms with E-state index in [0.29, 0.717) is 11.4 Å². The predicted molar refractivity (Wildman–Crippen MR) is 74.4 cm³/mol. The third-order valence-corrected chi connectivity index (χ3v) is 3.35. The number of hydrogen-bond donors (Lipinski definition) is 2. The molecule has 104 valence electrons. The molecule has 19 heavy (non-hydrogen) atoms. The van der Waals surface area contributed by atoms with Crippen LogP contribution in [-0.4, -0.2) is 36.7 Å². The summed E-state index contributed by atoms with van der Waals surface area (Å²) in [5.74, 6) is 0.625. The fourth-order valence-corrected chi connectivity index (χ4v) is 2.31. The average Bonchev–Trinajstić information content (AvgIpc) is 2.91. The van der Waals surface area contributed by atoms with Crippen molar-refractivity contribution in [2.24, 2.45) is 0 Å². The van der Waals surface area contributed by atoms with Crippen molar-refractivity contribution in [3.8, 4) is 0 Å². The normalized spacial score (nSPS) is 20.1. The molecule has 2 atom stereocenters. The van der Waals surface area contributed by atoms with E-state index in [-0.39, 0.29) is 18.1 Å². The van der Waals surface area contributed by atoms with Gasteiger partial charge in [0.25, 0.3) is 5.91 Å².